The molecule has 2 aromatic rings. The normalized spacial score (nSPS) is 10.5. The number of ether oxygens (including phenoxy) is 1. The molecule has 0 fully saturated rings. The number of nitrogens with one attached hydrogen (secondary N) is 1. The fourth-order valence-electron chi connectivity index (χ4n) is 2.71. The number of carbonyl (C=O) groups is 2. The van der Waals surface area contributed by atoms with Crippen LogP contribution in [-0.4, -0.2) is 36.4 Å². The molecule has 0 aromatic heterocycles. The first-order valence-electron chi connectivity index (χ1n) is 9.29. The van der Waals surface area contributed by atoms with Crippen molar-refractivity contribution in [2.24, 2.45) is 0 Å². The predicted octanol–water partition coefficient (Wildman–Crippen LogP) is 3.92. The van der Waals surface area contributed by atoms with E-state index in [0.29, 0.717) is 18.2 Å². The molecule has 5 nitrogen and oxygen atoms in total. The van der Waals surface area contributed by atoms with E-state index in [9.17, 15) is 22.8 Å². The summed E-state index contributed by atoms with van der Waals surface area (Å²) in [6, 6.07) is 8.96. The summed E-state index contributed by atoms with van der Waals surface area (Å²) in [5.41, 5.74) is 0.458. The monoisotopic (exact) mass is 408 g/mol. The summed E-state index contributed by atoms with van der Waals surface area (Å²) < 4.78 is 45.6. The quantitative estimate of drug-likeness (QED) is 0.640. The minimum absolute atomic E-state index is 0.260. The first-order chi connectivity index (χ1) is 13.9. The summed E-state index contributed by atoms with van der Waals surface area (Å²) in [7, 11) is 0. The van der Waals surface area contributed by atoms with Gasteiger partial charge in [-0.25, -0.2) is 13.2 Å². The van der Waals surface area contributed by atoms with Crippen LogP contribution in [0.1, 0.15) is 25.8 Å². The van der Waals surface area contributed by atoms with Gasteiger partial charge in [-0.05, 0) is 36.6 Å². The second-order valence-electron chi connectivity index (χ2n) is 6.34. The summed E-state index contributed by atoms with van der Waals surface area (Å²) >= 11 is 0. The molecule has 0 spiro atoms. The molecule has 0 aliphatic heterocycles. The lowest BCUT2D eigenvalue weighted by molar-refractivity contribution is -0.136. The van der Waals surface area contributed by atoms with Crippen molar-refractivity contribution in [1.29, 1.82) is 0 Å². The van der Waals surface area contributed by atoms with E-state index >= 15 is 0 Å². The van der Waals surface area contributed by atoms with Crippen LogP contribution in [0.4, 0.5) is 18.9 Å². The summed E-state index contributed by atoms with van der Waals surface area (Å²) in [6.45, 7) is 3.45. The molecule has 2 rings (SSSR count). The third kappa shape index (κ3) is 5.97. The Kier molecular flexibility index (Phi) is 8.06. The van der Waals surface area contributed by atoms with Crippen molar-refractivity contribution in [3.63, 3.8) is 0 Å². The van der Waals surface area contributed by atoms with Crippen LogP contribution in [0.25, 0.3) is 0 Å². The number of rotatable bonds is 9. The topological polar surface area (TPSA) is 58.6 Å². The van der Waals surface area contributed by atoms with E-state index in [1.165, 1.54) is 4.90 Å². The van der Waals surface area contributed by atoms with Crippen LogP contribution >= 0.6 is 0 Å². The molecular formula is C21H23F3N2O3. The van der Waals surface area contributed by atoms with E-state index in [-0.39, 0.29) is 19.7 Å². The highest BCUT2D eigenvalue weighted by Gasteiger charge is 2.20. The molecule has 0 radical (unpaired) electrons. The maximum atomic E-state index is 13.7. The lowest BCUT2D eigenvalue weighted by Crippen LogP contribution is -2.41. The number of amides is 2. The number of benzene rings is 2. The lowest BCUT2D eigenvalue weighted by Gasteiger charge is -2.22. The van der Waals surface area contributed by atoms with Crippen molar-refractivity contribution in [1.82, 2.24) is 4.90 Å². The van der Waals surface area contributed by atoms with Crippen molar-refractivity contribution in [2.45, 2.75) is 26.7 Å². The smallest absolute Gasteiger partial charge is 0.260 e. The Morgan fingerprint density at radius 2 is 1.76 bits per heavy atom. The molecule has 0 saturated heterocycles. The minimum Gasteiger partial charge on any atom is -0.483 e. The van der Waals surface area contributed by atoms with Crippen LogP contribution in [0.3, 0.4) is 0 Å². The van der Waals surface area contributed by atoms with Gasteiger partial charge in [0.15, 0.2) is 24.1 Å². The van der Waals surface area contributed by atoms with Gasteiger partial charge in [0, 0.05) is 6.54 Å². The summed E-state index contributed by atoms with van der Waals surface area (Å²) in [6.07, 6.45) is 1.33. The van der Waals surface area contributed by atoms with Crippen molar-refractivity contribution in [3.8, 4) is 5.75 Å². The van der Waals surface area contributed by atoms with Crippen LogP contribution in [-0.2, 0) is 16.0 Å². The number of anilines is 1. The number of halogens is 3. The Balaban J connectivity index is 2.00. The maximum absolute atomic E-state index is 13.7. The summed E-state index contributed by atoms with van der Waals surface area (Å²) in [4.78, 5) is 26.0. The Labute approximate surface area is 167 Å². The average Bonchev–Trinajstić information content (AvgIpc) is 2.72. The Morgan fingerprint density at radius 3 is 2.45 bits per heavy atom. The van der Waals surface area contributed by atoms with Crippen LogP contribution in [0.5, 0.6) is 5.75 Å². The molecule has 29 heavy (non-hydrogen) atoms. The number of aryl methyl sites for hydroxylation is 1. The molecule has 0 unspecified atom stereocenters. The van der Waals surface area contributed by atoms with E-state index in [4.69, 9.17) is 4.74 Å². The number of nitrogens with zero attached hydrogens (tertiary/aromatic N) is 1. The predicted molar refractivity (Wildman–Crippen MR) is 103 cm³/mol. The molecule has 2 amide bonds. The van der Waals surface area contributed by atoms with Crippen LogP contribution in [0.2, 0.25) is 0 Å². The third-order valence-electron chi connectivity index (χ3n) is 4.19. The van der Waals surface area contributed by atoms with E-state index in [1.54, 1.807) is 12.1 Å². The Bertz CT molecular complexity index is 874. The molecule has 2 aromatic carbocycles. The fraction of sp³-hybridized carbons (Fsp3) is 0.333. The van der Waals surface area contributed by atoms with Crippen LogP contribution in [0, 0.1) is 17.5 Å². The van der Waals surface area contributed by atoms with Gasteiger partial charge >= 0.3 is 0 Å². The Morgan fingerprint density at radius 1 is 1.03 bits per heavy atom. The van der Waals surface area contributed by atoms with Crippen molar-refractivity contribution < 1.29 is 27.5 Å². The standard InChI is InChI=1S/C21H23F3N2O3/c1-3-11-26(19(28)13-29-17-8-6-5-7-14(17)4-2)12-18(27)25-16-10-9-15(22)20(23)21(16)24/h5-10H,3-4,11-13H2,1-2H3,(H,25,27). The van der Waals surface area contributed by atoms with Crippen LogP contribution < -0.4 is 10.1 Å². The highest BCUT2D eigenvalue weighted by molar-refractivity contribution is 5.94. The number of carbonyl (C=O) groups excluding carboxylic acids is 2. The third-order valence-corrected chi connectivity index (χ3v) is 4.19. The molecule has 0 saturated carbocycles. The lowest BCUT2D eigenvalue weighted by atomic mass is 10.1. The molecule has 0 atom stereocenters. The highest BCUT2D eigenvalue weighted by Crippen LogP contribution is 2.20. The SMILES string of the molecule is CCCN(CC(=O)Nc1ccc(F)c(F)c1F)C(=O)COc1ccccc1CC. The van der Waals surface area contributed by atoms with Crippen molar-refractivity contribution in [3.05, 3.63) is 59.4 Å². The summed E-state index contributed by atoms with van der Waals surface area (Å²) in [5, 5.41) is 2.16. The van der Waals surface area contributed by atoms with Gasteiger partial charge in [0.05, 0.1) is 12.2 Å². The zero-order valence-corrected chi connectivity index (χ0v) is 16.3. The summed E-state index contributed by atoms with van der Waals surface area (Å²) in [5.74, 6) is -5.08. The zero-order valence-electron chi connectivity index (χ0n) is 16.3. The molecular weight excluding hydrogens is 385 g/mol. The van der Waals surface area contributed by atoms with Gasteiger partial charge in [0.2, 0.25) is 5.91 Å². The first kappa shape index (κ1) is 22.3. The molecule has 0 bridgehead atoms. The second-order valence-corrected chi connectivity index (χ2v) is 6.34. The number of para-hydroxylation sites is 1. The molecule has 1 N–H and O–H groups in total. The average molecular weight is 408 g/mol. The fourth-order valence-corrected chi connectivity index (χ4v) is 2.71. The first-order valence-corrected chi connectivity index (χ1v) is 9.29. The van der Waals surface area contributed by atoms with Gasteiger partial charge in [-0.1, -0.05) is 32.0 Å². The number of hydrogen-bond donors (Lipinski definition) is 1. The van der Waals surface area contributed by atoms with E-state index in [2.05, 4.69) is 5.32 Å². The van der Waals surface area contributed by atoms with Gasteiger partial charge in [-0.15, -0.1) is 0 Å². The molecule has 0 aliphatic carbocycles. The Hall–Kier alpha value is -3.03. The van der Waals surface area contributed by atoms with Crippen LogP contribution in [0.15, 0.2) is 36.4 Å². The molecule has 8 heteroatoms. The van der Waals surface area contributed by atoms with Gasteiger partial charge in [-0.2, -0.15) is 0 Å². The van der Waals surface area contributed by atoms with Gasteiger partial charge < -0.3 is 15.0 Å². The minimum atomic E-state index is -1.67. The van der Waals surface area contributed by atoms with Gasteiger partial charge in [-0.3, -0.25) is 9.59 Å². The molecule has 0 heterocycles. The van der Waals surface area contributed by atoms with E-state index < -0.39 is 35.0 Å². The van der Waals surface area contributed by atoms with E-state index in [1.807, 2.05) is 26.0 Å². The van der Waals surface area contributed by atoms with Gasteiger partial charge in [0.25, 0.3) is 5.91 Å². The van der Waals surface area contributed by atoms with Crippen molar-refractivity contribution >= 4 is 17.5 Å². The van der Waals surface area contributed by atoms with Crippen molar-refractivity contribution in [2.75, 3.05) is 25.0 Å². The molecule has 156 valence electrons. The zero-order chi connectivity index (χ0) is 21.4. The highest BCUT2D eigenvalue weighted by atomic mass is 19.2. The number of hydrogen-bond acceptors (Lipinski definition) is 3. The second kappa shape index (κ2) is 10.5. The maximum Gasteiger partial charge on any atom is 0.260 e. The largest absolute Gasteiger partial charge is 0.483 e. The molecule has 0 aliphatic rings. The van der Waals surface area contributed by atoms with E-state index in [0.717, 1.165) is 18.1 Å². The van der Waals surface area contributed by atoms with Gasteiger partial charge in [0.1, 0.15) is 5.75 Å².